The molecule has 106 valence electrons. The van der Waals surface area contributed by atoms with Crippen molar-refractivity contribution in [2.45, 2.75) is 46.5 Å². The topological polar surface area (TPSA) is 81.8 Å². The summed E-state index contributed by atoms with van der Waals surface area (Å²) >= 11 is 0. The standard InChI is InChI=1S/C7H8.C6H14.2CHNO/c1-7-5-3-2-4-6-7;1-3-5-6-4-2;2*2-1-3/h2-6H,1H3;3-6H2,1-2H3;2*2H. The van der Waals surface area contributed by atoms with Gasteiger partial charge in [0.2, 0.25) is 12.2 Å². The maximum absolute atomic E-state index is 8.35. The number of hydrogen-bond donors (Lipinski definition) is 2. The normalized spacial score (nSPS) is 6.89. The third-order valence-electron chi connectivity index (χ3n) is 1.90. The zero-order valence-electron chi connectivity index (χ0n) is 12.0. The zero-order chi connectivity index (χ0) is 15.4. The minimum Gasteiger partial charge on any atom is -0.222 e. The van der Waals surface area contributed by atoms with Crippen molar-refractivity contribution in [1.29, 1.82) is 10.8 Å². The van der Waals surface area contributed by atoms with Crippen LogP contribution in [0.1, 0.15) is 45.1 Å². The fourth-order valence-corrected chi connectivity index (χ4v) is 1.03. The van der Waals surface area contributed by atoms with Crippen LogP contribution in [0.3, 0.4) is 0 Å². The van der Waals surface area contributed by atoms with Crippen LogP contribution in [0.4, 0.5) is 0 Å². The Bertz CT molecular complexity index is 309. The Kier molecular flexibility index (Phi) is 29.2. The van der Waals surface area contributed by atoms with Crippen LogP contribution in [0.2, 0.25) is 0 Å². The summed E-state index contributed by atoms with van der Waals surface area (Å²) in [6.45, 7) is 6.55. The van der Waals surface area contributed by atoms with Gasteiger partial charge in [0.05, 0.1) is 0 Å². The first kappa shape index (κ1) is 22.2. The van der Waals surface area contributed by atoms with Crippen LogP contribution in [0.5, 0.6) is 0 Å². The second-order valence-corrected chi connectivity index (χ2v) is 3.57. The second-order valence-electron chi connectivity index (χ2n) is 3.57. The molecular formula is C15H24N2O2. The molecule has 0 spiro atoms. The average Bonchev–Trinajstić information content (AvgIpc) is 2.40. The number of unbranched alkanes of at least 4 members (excludes halogenated alkanes) is 3. The Morgan fingerprint density at radius 3 is 1.37 bits per heavy atom. The van der Waals surface area contributed by atoms with Gasteiger partial charge in [0.1, 0.15) is 0 Å². The van der Waals surface area contributed by atoms with Crippen LogP contribution in [0.25, 0.3) is 0 Å². The van der Waals surface area contributed by atoms with Crippen LogP contribution in [0, 0.1) is 17.7 Å². The predicted molar refractivity (Wildman–Crippen MR) is 77.8 cm³/mol. The summed E-state index contributed by atoms with van der Waals surface area (Å²) in [5, 5.41) is 10.8. The lowest BCUT2D eigenvalue weighted by atomic mass is 10.2. The monoisotopic (exact) mass is 264 g/mol. The Morgan fingerprint density at radius 1 is 0.895 bits per heavy atom. The average molecular weight is 264 g/mol. The van der Waals surface area contributed by atoms with Gasteiger partial charge in [0.15, 0.2) is 0 Å². The van der Waals surface area contributed by atoms with Crippen LogP contribution >= 0.6 is 0 Å². The fourth-order valence-electron chi connectivity index (χ4n) is 1.03. The third kappa shape index (κ3) is 38.7. The summed E-state index contributed by atoms with van der Waals surface area (Å²) in [4.78, 5) is 16.7. The van der Waals surface area contributed by atoms with Crippen molar-refractivity contribution in [3.8, 4) is 0 Å². The van der Waals surface area contributed by atoms with E-state index < -0.39 is 0 Å². The molecule has 0 aliphatic carbocycles. The highest BCUT2D eigenvalue weighted by Crippen LogP contribution is 1.95. The first-order valence-electron chi connectivity index (χ1n) is 6.23. The van der Waals surface area contributed by atoms with Gasteiger partial charge in [-0.25, -0.2) is 20.4 Å². The molecular weight excluding hydrogens is 240 g/mol. The molecule has 2 N–H and O–H groups in total. The van der Waals surface area contributed by atoms with Gasteiger partial charge in [-0.05, 0) is 6.92 Å². The molecule has 0 aliphatic rings. The SMILES string of the molecule is CCCCCC.Cc1ccccc1.N=C=O.N=C=O. The minimum absolute atomic E-state index is 0.750. The lowest BCUT2D eigenvalue weighted by Crippen LogP contribution is -1.66. The number of nitrogens with one attached hydrogen (secondary N) is 2. The molecule has 1 aromatic carbocycles. The highest BCUT2D eigenvalue weighted by molar-refractivity contribution is 5.26. The summed E-state index contributed by atoms with van der Waals surface area (Å²) in [6.07, 6.45) is 7.04. The van der Waals surface area contributed by atoms with E-state index in [2.05, 4.69) is 32.9 Å². The van der Waals surface area contributed by atoms with E-state index in [4.69, 9.17) is 20.4 Å². The van der Waals surface area contributed by atoms with Crippen molar-refractivity contribution < 1.29 is 9.59 Å². The van der Waals surface area contributed by atoms with Crippen molar-refractivity contribution in [3.05, 3.63) is 35.9 Å². The van der Waals surface area contributed by atoms with Crippen molar-refractivity contribution in [1.82, 2.24) is 0 Å². The Balaban J connectivity index is -0.000000195. The number of hydrogen-bond acceptors (Lipinski definition) is 4. The van der Waals surface area contributed by atoms with Crippen LogP contribution < -0.4 is 0 Å². The third-order valence-corrected chi connectivity index (χ3v) is 1.90. The van der Waals surface area contributed by atoms with Gasteiger partial charge in [0, 0.05) is 0 Å². The molecule has 1 aromatic rings. The Morgan fingerprint density at radius 2 is 1.21 bits per heavy atom. The molecule has 4 heteroatoms. The molecule has 0 fully saturated rings. The molecule has 1 rings (SSSR count). The summed E-state index contributed by atoms with van der Waals surface area (Å²) in [6, 6.07) is 10.3. The fraction of sp³-hybridized carbons (Fsp3) is 0.467. The van der Waals surface area contributed by atoms with Gasteiger partial charge in [-0.3, -0.25) is 0 Å². The number of rotatable bonds is 3. The summed E-state index contributed by atoms with van der Waals surface area (Å²) in [7, 11) is 0. The van der Waals surface area contributed by atoms with E-state index in [1.54, 1.807) is 0 Å². The van der Waals surface area contributed by atoms with E-state index in [-0.39, 0.29) is 0 Å². The second kappa shape index (κ2) is 25.0. The number of aryl methyl sites for hydroxylation is 1. The molecule has 0 unspecified atom stereocenters. The summed E-state index contributed by atoms with van der Waals surface area (Å²) < 4.78 is 0. The maximum atomic E-state index is 8.35. The first-order chi connectivity index (χ1) is 9.14. The smallest absolute Gasteiger partial charge is 0.222 e. The van der Waals surface area contributed by atoms with Crippen molar-refractivity contribution in [2.24, 2.45) is 0 Å². The van der Waals surface area contributed by atoms with Crippen molar-refractivity contribution >= 4 is 12.2 Å². The molecule has 0 bridgehead atoms. The molecule has 19 heavy (non-hydrogen) atoms. The van der Waals surface area contributed by atoms with Crippen LogP contribution in [0.15, 0.2) is 30.3 Å². The van der Waals surface area contributed by atoms with E-state index in [0.717, 1.165) is 12.2 Å². The lowest BCUT2D eigenvalue weighted by molar-refractivity contribution is 0.562. The number of carbonyl (C=O) groups excluding carboxylic acids is 2. The van der Waals surface area contributed by atoms with Gasteiger partial charge in [-0.15, -0.1) is 0 Å². The molecule has 0 saturated heterocycles. The van der Waals surface area contributed by atoms with Gasteiger partial charge < -0.3 is 0 Å². The summed E-state index contributed by atoms with van der Waals surface area (Å²) in [5.74, 6) is 0. The highest BCUT2D eigenvalue weighted by Gasteiger charge is 1.75. The summed E-state index contributed by atoms with van der Waals surface area (Å²) in [5.41, 5.74) is 1.32. The van der Waals surface area contributed by atoms with E-state index in [0.29, 0.717) is 0 Å². The van der Waals surface area contributed by atoms with Crippen molar-refractivity contribution in [2.75, 3.05) is 0 Å². The molecule has 0 atom stereocenters. The predicted octanol–water partition coefficient (Wildman–Crippen LogP) is 4.38. The van der Waals surface area contributed by atoms with Gasteiger partial charge in [-0.2, -0.15) is 0 Å². The quantitative estimate of drug-likeness (QED) is 0.482. The first-order valence-corrected chi connectivity index (χ1v) is 6.23. The zero-order valence-corrected chi connectivity index (χ0v) is 12.0. The maximum Gasteiger partial charge on any atom is 0.231 e. The number of benzene rings is 1. The van der Waals surface area contributed by atoms with Gasteiger partial charge >= 0.3 is 0 Å². The van der Waals surface area contributed by atoms with Crippen LogP contribution in [-0.2, 0) is 9.59 Å². The Hall–Kier alpha value is -2.02. The molecule has 0 aromatic heterocycles. The molecule has 4 nitrogen and oxygen atoms in total. The lowest BCUT2D eigenvalue weighted by Gasteiger charge is -1.86. The molecule has 0 saturated carbocycles. The van der Waals surface area contributed by atoms with E-state index in [9.17, 15) is 0 Å². The van der Waals surface area contributed by atoms with Crippen molar-refractivity contribution in [3.63, 3.8) is 0 Å². The van der Waals surface area contributed by atoms with Gasteiger partial charge in [0.25, 0.3) is 0 Å². The molecule has 0 radical (unpaired) electrons. The molecule has 0 amide bonds. The molecule has 0 heterocycles. The van der Waals surface area contributed by atoms with E-state index >= 15 is 0 Å². The Labute approximate surface area is 115 Å². The largest absolute Gasteiger partial charge is 0.231 e. The highest BCUT2D eigenvalue weighted by atomic mass is 16.1. The van der Waals surface area contributed by atoms with Crippen LogP contribution in [-0.4, -0.2) is 12.2 Å². The van der Waals surface area contributed by atoms with E-state index in [1.807, 2.05) is 18.2 Å². The minimum atomic E-state index is 0.750. The van der Waals surface area contributed by atoms with E-state index in [1.165, 1.54) is 31.2 Å². The van der Waals surface area contributed by atoms with Gasteiger partial charge in [-0.1, -0.05) is 75.4 Å². The number of isocyanates is 2. The molecule has 0 aliphatic heterocycles.